The van der Waals surface area contributed by atoms with Crippen LogP contribution in [0.25, 0.3) is 0 Å². The van der Waals surface area contributed by atoms with Crippen molar-refractivity contribution >= 4 is 23.1 Å². The zero-order chi connectivity index (χ0) is 13.7. The first-order valence-electron chi connectivity index (χ1n) is 4.14. The molecule has 0 radical (unpaired) electrons. The molecule has 6 heteroatoms. The number of carbonyl (C=O) groups is 4. The third-order valence-electron chi connectivity index (χ3n) is 0.892. The number of hydrogen-bond donors (Lipinski definition) is 0. The molecule has 0 amide bonds. The molecule has 0 aromatic rings. The normalized spacial score (nSPS) is 7.50. The molecule has 5 nitrogen and oxygen atoms in total. The van der Waals surface area contributed by atoms with Crippen LogP contribution in [0.4, 0.5) is 0 Å². The third-order valence-corrected chi connectivity index (χ3v) is 0.892. The number of carbonyl (C=O) groups excluding carboxylic acids is 4. The van der Waals surface area contributed by atoms with Gasteiger partial charge in [0.1, 0.15) is 11.6 Å². The topological polar surface area (TPSA) is 85.3 Å². The van der Waals surface area contributed by atoms with Crippen LogP contribution < -0.4 is 0 Å². The molecule has 88 valence electrons. The van der Waals surface area contributed by atoms with E-state index < -0.39 is 0 Å². The molecule has 0 N–H and O–H groups in total. The molecule has 0 aromatic heterocycles. The first-order chi connectivity index (χ1) is 7.25. The van der Waals surface area contributed by atoms with Crippen molar-refractivity contribution in [3.63, 3.8) is 0 Å². The van der Waals surface area contributed by atoms with Crippen LogP contribution in [0.5, 0.6) is 0 Å². The van der Waals surface area contributed by atoms with Crippen molar-refractivity contribution < 1.29 is 46.7 Å². The second-order valence-electron chi connectivity index (χ2n) is 2.83. The van der Waals surface area contributed by atoms with Crippen LogP contribution in [0, 0.1) is 13.8 Å². The van der Waals surface area contributed by atoms with E-state index >= 15 is 0 Å². The molecule has 0 aliphatic rings. The van der Waals surface area contributed by atoms with Crippen molar-refractivity contribution in [2.24, 2.45) is 0 Å². The Kier molecular flexibility index (Phi) is 18.1. The van der Waals surface area contributed by atoms with Crippen molar-refractivity contribution in [2.45, 2.75) is 26.7 Å². The molecule has 0 aromatic carbocycles. The second-order valence-corrected chi connectivity index (χ2v) is 2.83. The maximum absolute atomic E-state index is 9.99. The average molecular weight is 305 g/mol. The summed E-state index contributed by atoms with van der Waals surface area (Å²) in [4.78, 5) is 39.8. The SMILES string of the molecule is [CH2-]C(=O)CC(C)=O.[CH2-]C(=O)CC(C)=O.[O]=[Zr+2]. The number of ketones is 4. The standard InChI is InChI=1S/2C5H7O2.O.Zr/c2*1-4(6)3-5(2)7;;/h2*1,3H2,2H3;;/q2*-1;;+2. The van der Waals surface area contributed by atoms with E-state index in [0.717, 1.165) is 0 Å². The fourth-order valence-corrected chi connectivity index (χ4v) is 0.555. The van der Waals surface area contributed by atoms with Gasteiger partial charge in [0.05, 0.1) is 0 Å². The Balaban J connectivity index is -0.000000183. The molecule has 0 aliphatic heterocycles. The van der Waals surface area contributed by atoms with Crippen molar-refractivity contribution in [1.82, 2.24) is 0 Å². The van der Waals surface area contributed by atoms with E-state index in [9.17, 15) is 19.2 Å². The van der Waals surface area contributed by atoms with Crippen molar-refractivity contribution in [3.8, 4) is 0 Å². The first kappa shape index (κ1) is 20.5. The number of hydrogen-bond acceptors (Lipinski definition) is 5. The zero-order valence-corrected chi connectivity index (χ0v) is 11.8. The van der Waals surface area contributed by atoms with Crippen LogP contribution in [-0.4, -0.2) is 23.1 Å². The monoisotopic (exact) mass is 304 g/mol. The van der Waals surface area contributed by atoms with Gasteiger partial charge in [0.2, 0.25) is 0 Å². The molecule has 0 fully saturated rings. The summed E-state index contributed by atoms with van der Waals surface area (Å²) in [6.07, 6.45) is -0.0556. The van der Waals surface area contributed by atoms with E-state index in [4.69, 9.17) is 2.81 Å². The quantitative estimate of drug-likeness (QED) is 0.561. The molecule has 0 heterocycles. The minimum absolute atomic E-state index is 0.0278. The van der Waals surface area contributed by atoms with Gasteiger partial charge in [-0.1, -0.05) is 0 Å². The van der Waals surface area contributed by atoms with Crippen LogP contribution in [0.1, 0.15) is 26.7 Å². The Labute approximate surface area is 110 Å². The zero-order valence-electron chi connectivity index (χ0n) is 9.37. The summed E-state index contributed by atoms with van der Waals surface area (Å²) in [6, 6.07) is 0. The predicted molar refractivity (Wildman–Crippen MR) is 52.0 cm³/mol. The first-order valence-corrected chi connectivity index (χ1v) is 5.15. The fraction of sp³-hybridized carbons (Fsp3) is 0.400. The van der Waals surface area contributed by atoms with Crippen LogP contribution >= 0.6 is 0 Å². The fourth-order valence-electron chi connectivity index (χ4n) is 0.555. The summed E-state index contributed by atoms with van der Waals surface area (Å²) in [7, 11) is 0. The Hall–Kier alpha value is -0.897. The molecule has 0 atom stereocenters. The molecule has 16 heavy (non-hydrogen) atoms. The average Bonchev–Trinajstić information content (AvgIpc) is 2.03. The summed E-state index contributed by atoms with van der Waals surface area (Å²) in [5.74, 6) is -0.875. The van der Waals surface area contributed by atoms with Crippen molar-refractivity contribution in [1.29, 1.82) is 0 Å². The Morgan fingerprint density at radius 1 is 0.812 bits per heavy atom. The van der Waals surface area contributed by atoms with E-state index in [1.807, 2.05) is 0 Å². The maximum atomic E-state index is 9.99. The molecule has 0 aliphatic carbocycles. The van der Waals surface area contributed by atoms with Crippen molar-refractivity contribution in [3.05, 3.63) is 13.8 Å². The Morgan fingerprint density at radius 3 is 1.00 bits per heavy atom. The Bertz CT molecular complexity index is 210. The van der Waals surface area contributed by atoms with Gasteiger partial charge in [-0.05, 0) is 13.8 Å². The van der Waals surface area contributed by atoms with Gasteiger partial charge in [0.15, 0.2) is 0 Å². The van der Waals surface area contributed by atoms with Gasteiger partial charge in [0.25, 0.3) is 0 Å². The summed E-state index contributed by atoms with van der Waals surface area (Å²) in [5, 5.41) is 0. The second kappa shape index (κ2) is 14.1. The van der Waals surface area contributed by atoms with Crippen molar-refractivity contribution in [2.75, 3.05) is 0 Å². The van der Waals surface area contributed by atoms with Crippen LogP contribution in [-0.2, 0) is 46.7 Å². The molecule has 0 saturated carbocycles. The van der Waals surface area contributed by atoms with E-state index in [1.54, 1.807) is 0 Å². The van der Waals surface area contributed by atoms with Gasteiger partial charge in [-0.25, -0.2) is 0 Å². The van der Waals surface area contributed by atoms with Gasteiger partial charge in [-0.3, -0.25) is 9.59 Å². The van der Waals surface area contributed by atoms with E-state index in [0.29, 0.717) is 24.7 Å². The summed E-state index contributed by atoms with van der Waals surface area (Å²) < 4.78 is 8.34. The van der Waals surface area contributed by atoms with E-state index in [2.05, 4.69) is 13.8 Å². The third kappa shape index (κ3) is 38.0. The molecular weight excluding hydrogens is 291 g/mol. The van der Waals surface area contributed by atoms with Gasteiger partial charge < -0.3 is 23.4 Å². The molecule has 0 spiro atoms. The number of Topliss-reactive ketones (excluding diaryl/α,β-unsaturated/α-hetero) is 4. The molecule has 0 rings (SSSR count). The van der Waals surface area contributed by atoms with Gasteiger partial charge in [-0.2, -0.15) is 0 Å². The Morgan fingerprint density at radius 2 is 1.00 bits per heavy atom. The van der Waals surface area contributed by atoms with E-state index in [1.165, 1.54) is 13.8 Å². The summed E-state index contributed by atoms with van der Waals surface area (Å²) >= 11 is 0.300. The van der Waals surface area contributed by atoms with Gasteiger partial charge >= 0.3 is 27.5 Å². The summed E-state index contributed by atoms with van der Waals surface area (Å²) in [6.45, 7) is 8.77. The van der Waals surface area contributed by atoms with Gasteiger partial charge in [0, 0.05) is 24.4 Å². The molecule has 0 unspecified atom stereocenters. The molecular formula is C10H14O5Zr. The van der Waals surface area contributed by atoms with Crippen LogP contribution in [0.15, 0.2) is 0 Å². The summed E-state index contributed by atoms with van der Waals surface area (Å²) in [5.41, 5.74) is 0. The van der Waals surface area contributed by atoms with Crippen LogP contribution in [0.2, 0.25) is 0 Å². The van der Waals surface area contributed by atoms with E-state index in [-0.39, 0.29) is 36.0 Å². The molecule has 0 bridgehead atoms. The predicted octanol–water partition coefficient (Wildman–Crippen LogP) is 0.616. The minimum atomic E-state index is -0.312. The molecule has 0 saturated heterocycles. The van der Waals surface area contributed by atoms with Crippen LogP contribution in [0.3, 0.4) is 0 Å². The number of rotatable bonds is 4. The van der Waals surface area contributed by atoms with Gasteiger partial charge in [-0.15, -0.1) is 0 Å².